The molecular weight excluding hydrogens is 482 g/mol. The maximum atomic E-state index is 15.5. The minimum absolute atomic E-state index is 0.112. The van der Waals surface area contributed by atoms with Crippen LogP contribution in [0.2, 0.25) is 0 Å². The van der Waals surface area contributed by atoms with Gasteiger partial charge in [-0.25, -0.2) is 18.7 Å². The molecule has 0 unspecified atom stereocenters. The monoisotopic (exact) mass is 513 g/mol. The zero-order chi connectivity index (χ0) is 27.3. The Morgan fingerprint density at radius 1 is 1.11 bits per heavy atom. The van der Waals surface area contributed by atoms with Crippen molar-refractivity contribution in [1.82, 2.24) is 25.5 Å². The number of thioether (sulfide) groups is 1. The Kier molecular flexibility index (Phi) is 5.37. The van der Waals surface area contributed by atoms with E-state index in [-0.39, 0.29) is 40.3 Å². The summed E-state index contributed by atoms with van der Waals surface area (Å²) in [7, 11) is 0. The number of halogens is 2. The van der Waals surface area contributed by atoms with E-state index in [1.54, 1.807) is 18.3 Å². The van der Waals surface area contributed by atoms with Gasteiger partial charge in [-0.1, -0.05) is 12.5 Å². The van der Waals surface area contributed by atoms with Gasteiger partial charge in [0.2, 0.25) is 0 Å². The molecule has 3 aliphatic rings. The van der Waals surface area contributed by atoms with Crippen LogP contribution in [0.25, 0.3) is 22.5 Å². The van der Waals surface area contributed by atoms with E-state index in [9.17, 15) is 9.50 Å². The molecule has 2 aromatic heterocycles. The number of hydrogen-bond acceptors (Lipinski definition) is 8. The van der Waals surface area contributed by atoms with E-state index in [1.165, 1.54) is 12.1 Å². The predicted molar refractivity (Wildman–Crippen MR) is 135 cm³/mol. The second-order valence-corrected chi connectivity index (χ2v) is 10.4. The van der Waals surface area contributed by atoms with E-state index in [0.717, 1.165) is 44.7 Å². The molecule has 4 heterocycles. The number of alkyl halides is 1. The van der Waals surface area contributed by atoms with Crippen LogP contribution >= 0.6 is 11.8 Å². The lowest BCUT2D eigenvalue weighted by Gasteiger charge is -2.47. The number of pyridine rings is 1. The van der Waals surface area contributed by atoms with Gasteiger partial charge in [-0.15, -0.1) is 22.0 Å². The molecule has 2 saturated heterocycles. The highest BCUT2D eigenvalue weighted by Gasteiger charge is 2.46. The standard InChI is InChI=1S/C26H28F2N6OS/c1-36-24-11-18(19(27)12-29-24)14-5-8-17(22(35)9-14)26-30-13-23(32-33-26)34(16-6-7-16)21-10-15-3-2-4-20(31-15)25(21)28/h5,8-9,11-13,15-16,20-21,25,31,35H,2-4,6-7,10H2,1H3/t15-,20-,21-,25+/m0/s1/i1D3. The Balaban J connectivity index is 1.24. The molecule has 4 atom stereocenters. The molecule has 2 N–H and O–H groups in total. The van der Waals surface area contributed by atoms with Gasteiger partial charge in [0.15, 0.2) is 11.6 Å². The topological polar surface area (TPSA) is 87.1 Å². The van der Waals surface area contributed by atoms with Crippen LogP contribution in [0.3, 0.4) is 0 Å². The molecule has 188 valence electrons. The van der Waals surface area contributed by atoms with E-state index < -0.39 is 18.2 Å². The van der Waals surface area contributed by atoms with Crippen LogP contribution in [0.5, 0.6) is 5.75 Å². The highest BCUT2D eigenvalue weighted by Crippen LogP contribution is 2.39. The minimum Gasteiger partial charge on any atom is -0.507 e. The molecule has 36 heavy (non-hydrogen) atoms. The third kappa shape index (κ3) is 4.41. The van der Waals surface area contributed by atoms with Gasteiger partial charge in [-0.2, -0.15) is 0 Å². The molecule has 3 fully saturated rings. The van der Waals surface area contributed by atoms with Crippen LogP contribution in [0.1, 0.15) is 42.6 Å². The summed E-state index contributed by atoms with van der Waals surface area (Å²) in [6.07, 6.45) is 4.86. The van der Waals surface area contributed by atoms with Gasteiger partial charge in [-0.3, -0.25) is 0 Å². The zero-order valence-electron chi connectivity index (χ0n) is 22.4. The van der Waals surface area contributed by atoms with Gasteiger partial charge in [0, 0.05) is 27.8 Å². The molecule has 1 aliphatic carbocycles. The molecule has 10 heteroatoms. The van der Waals surface area contributed by atoms with Gasteiger partial charge in [-0.05, 0) is 62.1 Å². The van der Waals surface area contributed by atoms with Gasteiger partial charge in [0.25, 0.3) is 0 Å². The molecule has 2 aliphatic heterocycles. The average molecular weight is 514 g/mol. The number of hydrogen-bond donors (Lipinski definition) is 2. The first-order valence-electron chi connectivity index (χ1n) is 13.7. The summed E-state index contributed by atoms with van der Waals surface area (Å²) in [5.74, 6) is -0.112. The molecule has 0 amide bonds. The normalized spacial score (nSPS) is 27.1. The van der Waals surface area contributed by atoms with Crippen LogP contribution in [-0.4, -0.2) is 61.8 Å². The molecule has 1 aromatic carbocycles. The number of aromatic nitrogens is 4. The number of phenols is 1. The fourth-order valence-electron chi connectivity index (χ4n) is 5.52. The van der Waals surface area contributed by atoms with Gasteiger partial charge in [0.1, 0.15) is 17.7 Å². The first-order valence-corrected chi connectivity index (χ1v) is 13.0. The van der Waals surface area contributed by atoms with E-state index in [4.69, 9.17) is 4.11 Å². The van der Waals surface area contributed by atoms with Crippen molar-refractivity contribution in [2.24, 2.45) is 0 Å². The fourth-order valence-corrected chi connectivity index (χ4v) is 5.81. The fraction of sp³-hybridized carbons (Fsp3) is 0.462. The SMILES string of the molecule is [2H]C([2H])([2H])Sc1cc(-c2ccc(-c3ncc(N(C4CC4)[C@H]4C[C@@H]5CCC[C@H](N5)[C@H]4F)nn3)c(O)c2)c(F)cn1. The lowest BCUT2D eigenvalue weighted by atomic mass is 9.82. The van der Waals surface area contributed by atoms with Crippen molar-refractivity contribution >= 4 is 17.6 Å². The molecule has 7 nitrogen and oxygen atoms in total. The number of rotatable bonds is 6. The van der Waals surface area contributed by atoms with E-state index >= 15 is 4.39 Å². The number of fused-ring (bicyclic) bond motifs is 2. The Hall–Kier alpha value is -2.85. The second-order valence-electron chi connectivity index (χ2n) is 9.76. The number of anilines is 1. The first kappa shape index (κ1) is 20.2. The molecule has 0 radical (unpaired) electrons. The molecule has 3 aromatic rings. The van der Waals surface area contributed by atoms with Crippen molar-refractivity contribution in [3.05, 3.63) is 42.5 Å². The predicted octanol–water partition coefficient (Wildman–Crippen LogP) is 4.76. The van der Waals surface area contributed by atoms with Crippen molar-refractivity contribution in [2.75, 3.05) is 11.1 Å². The summed E-state index contributed by atoms with van der Waals surface area (Å²) in [6.45, 7) is 0. The number of nitrogens with zero attached hydrogens (tertiary/aromatic N) is 5. The van der Waals surface area contributed by atoms with E-state index in [2.05, 4.69) is 30.4 Å². The van der Waals surface area contributed by atoms with E-state index in [0.29, 0.717) is 34.7 Å². The quantitative estimate of drug-likeness (QED) is 0.457. The molecular formula is C26H28F2N6OS. The summed E-state index contributed by atoms with van der Waals surface area (Å²) in [6, 6.07) is 5.99. The Morgan fingerprint density at radius 2 is 2.00 bits per heavy atom. The summed E-state index contributed by atoms with van der Waals surface area (Å²) in [4.78, 5) is 10.3. The second kappa shape index (κ2) is 9.55. The number of nitrogens with one attached hydrogen (secondary N) is 1. The third-order valence-electron chi connectivity index (χ3n) is 7.39. The summed E-state index contributed by atoms with van der Waals surface area (Å²) in [5, 5.41) is 23.0. The van der Waals surface area contributed by atoms with Crippen LogP contribution in [0, 0.1) is 5.82 Å². The lowest BCUT2D eigenvalue weighted by Crippen LogP contribution is -2.62. The summed E-state index contributed by atoms with van der Waals surface area (Å²) >= 11 is 0.548. The van der Waals surface area contributed by atoms with Gasteiger partial charge < -0.3 is 15.3 Å². The largest absolute Gasteiger partial charge is 0.507 e. The minimum atomic E-state index is -2.32. The zero-order valence-corrected chi connectivity index (χ0v) is 20.3. The molecule has 2 bridgehead atoms. The number of aromatic hydroxyl groups is 1. The maximum absolute atomic E-state index is 15.5. The molecule has 0 spiro atoms. The lowest BCUT2D eigenvalue weighted by molar-refractivity contribution is 0.104. The summed E-state index contributed by atoms with van der Waals surface area (Å²) in [5.41, 5.74) is 0.765. The van der Waals surface area contributed by atoms with Crippen molar-refractivity contribution in [2.45, 2.75) is 73.9 Å². The smallest absolute Gasteiger partial charge is 0.185 e. The highest BCUT2D eigenvalue weighted by atomic mass is 32.2. The number of benzene rings is 1. The van der Waals surface area contributed by atoms with Crippen LogP contribution < -0.4 is 10.2 Å². The molecule has 6 rings (SSSR count). The van der Waals surface area contributed by atoms with Crippen molar-refractivity contribution < 1.29 is 18.0 Å². The summed E-state index contributed by atoms with van der Waals surface area (Å²) < 4.78 is 52.2. The van der Waals surface area contributed by atoms with Crippen molar-refractivity contribution in [3.63, 3.8) is 0 Å². The van der Waals surface area contributed by atoms with Crippen molar-refractivity contribution in [1.29, 1.82) is 0 Å². The Labute approximate surface area is 217 Å². The third-order valence-corrected chi connectivity index (χ3v) is 7.82. The Bertz CT molecular complexity index is 1360. The Morgan fingerprint density at radius 3 is 2.75 bits per heavy atom. The van der Waals surface area contributed by atoms with Gasteiger partial charge in [0.05, 0.1) is 29.0 Å². The highest BCUT2D eigenvalue weighted by molar-refractivity contribution is 7.98. The van der Waals surface area contributed by atoms with Crippen LogP contribution in [-0.2, 0) is 0 Å². The van der Waals surface area contributed by atoms with E-state index in [1.807, 2.05) is 0 Å². The average Bonchev–Trinajstić information content (AvgIpc) is 3.73. The van der Waals surface area contributed by atoms with Gasteiger partial charge >= 0.3 is 0 Å². The number of piperidine rings is 2. The van der Waals surface area contributed by atoms with Crippen molar-refractivity contribution in [3.8, 4) is 28.3 Å². The van der Waals surface area contributed by atoms with Crippen LogP contribution in [0.15, 0.2) is 41.7 Å². The maximum Gasteiger partial charge on any atom is 0.185 e. The number of phenolic OH excluding ortho intramolecular Hbond substituents is 1. The molecule has 1 saturated carbocycles. The van der Waals surface area contributed by atoms with Crippen LogP contribution in [0.4, 0.5) is 14.6 Å². The first-order chi connectivity index (χ1) is 18.7.